The Bertz CT molecular complexity index is 263. The summed E-state index contributed by atoms with van der Waals surface area (Å²) in [4.78, 5) is 22.5. The van der Waals surface area contributed by atoms with Crippen molar-refractivity contribution in [1.29, 1.82) is 0 Å². The normalized spacial score (nSPS) is 20.8. The van der Waals surface area contributed by atoms with Crippen molar-refractivity contribution in [3.63, 3.8) is 0 Å². The molecule has 0 amide bonds. The highest BCUT2D eigenvalue weighted by Gasteiger charge is 2.37. The first-order valence-electron chi connectivity index (χ1n) is 6.71. The SMILES string of the molecule is CC(=O)C(C)(CCCC1CCCCC1)C(=O)O. The summed E-state index contributed by atoms with van der Waals surface area (Å²) in [7, 11) is 0. The van der Waals surface area contributed by atoms with Gasteiger partial charge < -0.3 is 5.11 Å². The predicted molar refractivity (Wildman–Crippen MR) is 66.8 cm³/mol. The molecule has 1 aliphatic carbocycles. The van der Waals surface area contributed by atoms with E-state index in [1.165, 1.54) is 39.0 Å². The molecular weight excluding hydrogens is 216 g/mol. The van der Waals surface area contributed by atoms with E-state index in [0.717, 1.165) is 18.8 Å². The summed E-state index contributed by atoms with van der Waals surface area (Å²) < 4.78 is 0. The van der Waals surface area contributed by atoms with E-state index in [9.17, 15) is 9.59 Å². The molecule has 0 aromatic rings. The zero-order chi connectivity index (χ0) is 12.9. The number of aliphatic carboxylic acids is 1. The monoisotopic (exact) mass is 240 g/mol. The minimum atomic E-state index is -1.17. The molecule has 1 unspecified atom stereocenters. The molecule has 1 rings (SSSR count). The fourth-order valence-electron chi connectivity index (χ4n) is 2.65. The maximum atomic E-state index is 11.4. The highest BCUT2D eigenvalue weighted by molar-refractivity contribution is 6.01. The van der Waals surface area contributed by atoms with E-state index in [4.69, 9.17) is 5.11 Å². The van der Waals surface area contributed by atoms with Crippen molar-refractivity contribution in [2.24, 2.45) is 11.3 Å². The van der Waals surface area contributed by atoms with E-state index < -0.39 is 11.4 Å². The molecule has 0 spiro atoms. The fourth-order valence-corrected chi connectivity index (χ4v) is 2.65. The van der Waals surface area contributed by atoms with Crippen molar-refractivity contribution in [2.75, 3.05) is 0 Å². The number of carboxylic acids is 1. The molecule has 17 heavy (non-hydrogen) atoms. The van der Waals surface area contributed by atoms with Crippen molar-refractivity contribution >= 4 is 11.8 Å². The fraction of sp³-hybridized carbons (Fsp3) is 0.857. The summed E-state index contributed by atoms with van der Waals surface area (Å²) in [5.74, 6) is -0.448. The lowest BCUT2D eigenvalue weighted by Gasteiger charge is -2.25. The second-order valence-electron chi connectivity index (χ2n) is 5.59. The van der Waals surface area contributed by atoms with Gasteiger partial charge in [0.05, 0.1) is 0 Å². The van der Waals surface area contributed by atoms with Crippen LogP contribution in [-0.4, -0.2) is 16.9 Å². The minimum absolute atomic E-state index is 0.228. The average molecular weight is 240 g/mol. The van der Waals surface area contributed by atoms with Crippen LogP contribution in [0.2, 0.25) is 0 Å². The quantitative estimate of drug-likeness (QED) is 0.724. The first kappa shape index (κ1) is 14.2. The van der Waals surface area contributed by atoms with Crippen LogP contribution in [0.5, 0.6) is 0 Å². The van der Waals surface area contributed by atoms with E-state index >= 15 is 0 Å². The highest BCUT2D eigenvalue weighted by atomic mass is 16.4. The van der Waals surface area contributed by atoms with Crippen LogP contribution in [0.3, 0.4) is 0 Å². The molecule has 98 valence electrons. The van der Waals surface area contributed by atoms with Crippen LogP contribution in [0.15, 0.2) is 0 Å². The first-order chi connectivity index (χ1) is 7.97. The molecule has 1 fully saturated rings. The molecule has 1 atom stereocenters. The molecule has 1 saturated carbocycles. The summed E-state index contributed by atoms with van der Waals surface area (Å²) >= 11 is 0. The van der Waals surface area contributed by atoms with Crippen molar-refractivity contribution < 1.29 is 14.7 Å². The molecule has 3 heteroatoms. The van der Waals surface area contributed by atoms with Gasteiger partial charge in [0.2, 0.25) is 0 Å². The largest absolute Gasteiger partial charge is 0.481 e. The Morgan fingerprint density at radius 2 is 1.82 bits per heavy atom. The highest BCUT2D eigenvalue weighted by Crippen LogP contribution is 2.31. The lowest BCUT2D eigenvalue weighted by Crippen LogP contribution is -2.34. The molecule has 0 aromatic heterocycles. The molecule has 0 bridgehead atoms. The van der Waals surface area contributed by atoms with Gasteiger partial charge in [-0.2, -0.15) is 0 Å². The van der Waals surface area contributed by atoms with E-state index in [0.29, 0.717) is 6.42 Å². The molecule has 0 heterocycles. The number of hydrogen-bond donors (Lipinski definition) is 1. The third-order valence-electron chi connectivity index (χ3n) is 4.26. The van der Waals surface area contributed by atoms with Gasteiger partial charge in [-0.05, 0) is 26.2 Å². The second kappa shape index (κ2) is 6.18. The zero-order valence-electron chi connectivity index (χ0n) is 11.0. The summed E-state index contributed by atoms with van der Waals surface area (Å²) in [6.07, 6.45) is 8.95. The van der Waals surface area contributed by atoms with E-state index in [-0.39, 0.29) is 5.78 Å². The third-order valence-corrected chi connectivity index (χ3v) is 4.26. The van der Waals surface area contributed by atoms with Gasteiger partial charge in [0.25, 0.3) is 0 Å². The molecule has 1 N–H and O–H groups in total. The number of carbonyl (C=O) groups is 2. The molecule has 0 aromatic carbocycles. The Kier molecular flexibility index (Phi) is 5.16. The smallest absolute Gasteiger partial charge is 0.316 e. The van der Waals surface area contributed by atoms with Crippen LogP contribution in [0.4, 0.5) is 0 Å². The van der Waals surface area contributed by atoms with Gasteiger partial charge in [-0.25, -0.2) is 0 Å². The standard InChI is InChI=1S/C14H24O3/c1-11(15)14(2,13(16)17)10-6-9-12-7-4-3-5-8-12/h12H,3-10H2,1-2H3,(H,16,17). The van der Waals surface area contributed by atoms with Crippen molar-refractivity contribution in [3.05, 3.63) is 0 Å². The topological polar surface area (TPSA) is 54.4 Å². The summed E-state index contributed by atoms with van der Waals surface area (Å²) in [5.41, 5.74) is -1.17. The molecule has 3 nitrogen and oxygen atoms in total. The van der Waals surface area contributed by atoms with Crippen LogP contribution in [0.1, 0.15) is 65.2 Å². The van der Waals surface area contributed by atoms with Gasteiger partial charge in [0.1, 0.15) is 11.2 Å². The number of rotatable bonds is 6. The maximum Gasteiger partial charge on any atom is 0.316 e. The van der Waals surface area contributed by atoms with Crippen molar-refractivity contribution in [1.82, 2.24) is 0 Å². The lowest BCUT2D eigenvalue weighted by molar-refractivity contribution is -0.153. The van der Waals surface area contributed by atoms with Crippen LogP contribution < -0.4 is 0 Å². The molecule has 1 aliphatic rings. The number of carboxylic acid groups (broad SMARTS) is 1. The lowest BCUT2D eigenvalue weighted by atomic mass is 9.79. The number of Topliss-reactive ketones (excluding diaryl/α,β-unsaturated/α-hetero) is 1. The summed E-state index contributed by atoms with van der Waals surface area (Å²) in [6.45, 7) is 2.94. The molecular formula is C14H24O3. The van der Waals surface area contributed by atoms with Crippen LogP contribution in [-0.2, 0) is 9.59 Å². The zero-order valence-corrected chi connectivity index (χ0v) is 11.0. The summed E-state index contributed by atoms with van der Waals surface area (Å²) in [5, 5.41) is 9.12. The number of carbonyl (C=O) groups excluding carboxylic acids is 1. The molecule has 0 radical (unpaired) electrons. The Morgan fingerprint density at radius 1 is 1.24 bits per heavy atom. The van der Waals surface area contributed by atoms with Gasteiger partial charge >= 0.3 is 5.97 Å². The van der Waals surface area contributed by atoms with Crippen LogP contribution in [0, 0.1) is 11.3 Å². The number of hydrogen-bond acceptors (Lipinski definition) is 2. The van der Waals surface area contributed by atoms with E-state index in [2.05, 4.69) is 0 Å². The minimum Gasteiger partial charge on any atom is -0.481 e. The van der Waals surface area contributed by atoms with Gasteiger partial charge in [0.15, 0.2) is 0 Å². The van der Waals surface area contributed by atoms with Gasteiger partial charge in [-0.3, -0.25) is 9.59 Å². The number of ketones is 1. The molecule has 0 saturated heterocycles. The van der Waals surface area contributed by atoms with Crippen molar-refractivity contribution in [2.45, 2.75) is 65.2 Å². The third kappa shape index (κ3) is 3.83. The summed E-state index contributed by atoms with van der Waals surface area (Å²) in [6, 6.07) is 0. The van der Waals surface area contributed by atoms with Gasteiger partial charge in [-0.1, -0.05) is 44.9 Å². The molecule has 0 aliphatic heterocycles. The first-order valence-corrected chi connectivity index (χ1v) is 6.71. The van der Waals surface area contributed by atoms with Crippen LogP contribution in [0.25, 0.3) is 0 Å². The van der Waals surface area contributed by atoms with E-state index in [1.54, 1.807) is 6.92 Å². The Hall–Kier alpha value is -0.860. The van der Waals surface area contributed by atoms with Gasteiger partial charge in [-0.15, -0.1) is 0 Å². The Labute approximate surface area is 104 Å². The maximum absolute atomic E-state index is 11.4. The van der Waals surface area contributed by atoms with Crippen LogP contribution >= 0.6 is 0 Å². The van der Waals surface area contributed by atoms with Crippen molar-refractivity contribution in [3.8, 4) is 0 Å². The Balaban J connectivity index is 2.37. The average Bonchev–Trinajstić information content (AvgIpc) is 2.29. The Morgan fingerprint density at radius 3 is 2.29 bits per heavy atom. The second-order valence-corrected chi connectivity index (χ2v) is 5.59. The van der Waals surface area contributed by atoms with E-state index in [1.807, 2.05) is 0 Å². The van der Waals surface area contributed by atoms with Gasteiger partial charge in [0, 0.05) is 0 Å². The predicted octanol–water partition coefficient (Wildman–Crippen LogP) is 3.42.